The molecule has 0 aliphatic carbocycles. The molecule has 0 fully saturated rings. The molecule has 2 aromatic carbocycles. The molecule has 0 radical (unpaired) electrons. The van der Waals surface area contributed by atoms with Crippen LogP contribution in [0, 0.1) is 6.92 Å². The summed E-state index contributed by atoms with van der Waals surface area (Å²) >= 11 is 0. The third kappa shape index (κ3) is 1.78. The van der Waals surface area contributed by atoms with Crippen molar-refractivity contribution < 1.29 is 9.90 Å². The molecule has 0 aliphatic heterocycles. The third-order valence-corrected chi connectivity index (χ3v) is 3.13. The van der Waals surface area contributed by atoms with Crippen LogP contribution in [0.5, 0.6) is 0 Å². The number of para-hydroxylation sites is 2. The van der Waals surface area contributed by atoms with E-state index >= 15 is 0 Å². The van der Waals surface area contributed by atoms with Crippen LogP contribution in [0.15, 0.2) is 48.5 Å². The normalized spacial score (nSPS) is 10.8. The highest BCUT2D eigenvalue weighted by Crippen LogP contribution is 2.23. The Morgan fingerprint density at radius 2 is 1.79 bits per heavy atom. The molecule has 1 N–H and O–H groups in total. The van der Waals surface area contributed by atoms with Crippen LogP contribution in [-0.2, 0) is 0 Å². The lowest BCUT2D eigenvalue weighted by molar-refractivity contribution is 0.0697. The summed E-state index contributed by atoms with van der Waals surface area (Å²) in [4.78, 5) is 11.3. The molecule has 94 valence electrons. The van der Waals surface area contributed by atoms with Gasteiger partial charge in [0.05, 0.1) is 22.5 Å². The molecule has 0 spiro atoms. The fourth-order valence-corrected chi connectivity index (χ4v) is 2.24. The van der Waals surface area contributed by atoms with Crippen molar-refractivity contribution in [3.63, 3.8) is 0 Å². The van der Waals surface area contributed by atoms with Gasteiger partial charge in [-0.2, -0.15) is 5.10 Å². The van der Waals surface area contributed by atoms with Crippen LogP contribution in [-0.4, -0.2) is 20.9 Å². The van der Waals surface area contributed by atoms with Crippen molar-refractivity contribution in [2.24, 2.45) is 0 Å². The fourth-order valence-electron chi connectivity index (χ4n) is 2.24. The van der Waals surface area contributed by atoms with Gasteiger partial charge >= 0.3 is 5.97 Å². The molecular formula is C15H12N2O2. The summed E-state index contributed by atoms with van der Waals surface area (Å²) in [5.41, 5.74) is 2.62. The number of fused-ring (bicyclic) bond motifs is 1. The highest BCUT2D eigenvalue weighted by molar-refractivity contribution is 5.93. The molecule has 0 amide bonds. The summed E-state index contributed by atoms with van der Waals surface area (Å²) < 4.78 is 1.69. The number of aryl methyl sites for hydroxylation is 1. The van der Waals surface area contributed by atoms with E-state index in [1.807, 2.05) is 37.3 Å². The fraction of sp³-hybridized carbons (Fsp3) is 0.0667. The van der Waals surface area contributed by atoms with Crippen molar-refractivity contribution in [1.29, 1.82) is 0 Å². The van der Waals surface area contributed by atoms with Crippen LogP contribution in [0.25, 0.3) is 16.6 Å². The van der Waals surface area contributed by atoms with Crippen molar-refractivity contribution in [3.8, 4) is 5.69 Å². The first-order valence-electron chi connectivity index (χ1n) is 5.95. The van der Waals surface area contributed by atoms with Crippen molar-refractivity contribution in [1.82, 2.24) is 9.78 Å². The summed E-state index contributed by atoms with van der Waals surface area (Å²) in [6.07, 6.45) is 0. The summed E-state index contributed by atoms with van der Waals surface area (Å²) in [6.45, 7) is 1.92. The lowest BCUT2D eigenvalue weighted by Crippen LogP contribution is -2.06. The van der Waals surface area contributed by atoms with Crippen LogP contribution in [0.2, 0.25) is 0 Å². The van der Waals surface area contributed by atoms with Crippen LogP contribution < -0.4 is 0 Å². The SMILES string of the molecule is Cc1nn(-c2ccccc2C(=O)O)c2ccccc12. The van der Waals surface area contributed by atoms with Crippen molar-refractivity contribution >= 4 is 16.9 Å². The van der Waals surface area contributed by atoms with Gasteiger partial charge in [0.1, 0.15) is 0 Å². The van der Waals surface area contributed by atoms with Gasteiger partial charge in [-0.05, 0) is 25.1 Å². The van der Waals surface area contributed by atoms with E-state index in [2.05, 4.69) is 5.10 Å². The molecule has 0 atom stereocenters. The highest BCUT2D eigenvalue weighted by atomic mass is 16.4. The first kappa shape index (κ1) is 11.5. The zero-order valence-corrected chi connectivity index (χ0v) is 10.4. The molecule has 0 aliphatic rings. The lowest BCUT2D eigenvalue weighted by atomic mass is 10.1. The Bertz CT molecular complexity index is 775. The number of carboxylic acid groups (broad SMARTS) is 1. The van der Waals surface area contributed by atoms with Crippen molar-refractivity contribution in [2.75, 3.05) is 0 Å². The first-order valence-corrected chi connectivity index (χ1v) is 5.95. The van der Waals surface area contributed by atoms with Crippen molar-refractivity contribution in [3.05, 3.63) is 59.8 Å². The standard InChI is InChI=1S/C15H12N2O2/c1-10-11-6-2-4-8-13(11)17(16-10)14-9-5-3-7-12(14)15(18)19/h2-9H,1H3,(H,18,19). The zero-order valence-electron chi connectivity index (χ0n) is 10.4. The molecule has 0 saturated carbocycles. The molecular weight excluding hydrogens is 240 g/mol. The summed E-state index contributed by atoms with van der Waals surface area (Å²) in [7, 11) is 0. The third-order valence-electron chi connectivity index (χ3n) is 3.13. The van der Waals surface area contributed by atoms with Gasteiger partial charge in [0.25, 0.3) is 0 Å². The van der Waals surface area contributed by atoms with E-state index < -0.39 is 5.97 Å². The quantitative estimate of drug-likeness (QED) is 0.762. The number of nitrogens with zero attached hydrogens (tertiary/aromatic N) is 2. The first-order chi connectivity index (χ1) is 9.18. The van der Waals surface area contributed by atoms with E-state index in [1.165, 1.54) is 0 Å². The number of aromatic nitrogens is 2. The maximum Gasteiger partial charge on any atom is 0.337 e. The zero-order chi connectivity index (χ0) is 13.4. The Balaban J connectivity index is 2.34. The maximum atomic E-state index is 11.3. The van der Waals surface area contributed by atoms with Gasteiger partial charge in [0.2, 0.25) is 0 Å². The number of carbonyl (C=O) groups is 1. The molecule has 1 heterocycles. The molecule has 4 nitrogen and oxygen atoms in total. The number of aromatic carboxylic acids is 1. The van der Waals surface area contributed by atoms with Crippen LogP contribution in [0.4, 0.5) is 0 Å². The summed E-state index contributed by atoms with van der Waals surface area (Å²) in [5.74, 6) is -0.951. The Morgan fingerprint density at radius 3 is 2.58 bits per heavy atom. The van der Waals surface area contributed by atoms with E-state index in [0.717, 1.165) is 16.6 Å². The molecule has 3 rings (SSSR count). The van der Waals surface area contributed by atoms with E-state index in [1.54, 1.807) is 22.9 Å². The molecule has 0 bridgehead atoms. The Labute approximate surface area is 109 Å². The smallest absolute Gasteiger partial charge is 0.337 e. The highest BCUT2D eigenvalue weighted by Gasteiger charge is 2.14. The second kappa shape index (κ2) is 4.24. The van der Waals surface area contributed by atoms with Gasteiger partial charge in [-0.25, -0.2) is 9.48 Å². The van der Waals surface area contributed by atoms with Crippen LogP contribution >= 0.6 is 0 Å². The lowest BCUT2D eigenvalue weighted by Gasteiger charge is -2.07. The van der Waals surface area contributed by atoms with Crippen molar-refractivity contribution in [2.45, 2.75) is 6.92 Å². The van der Waals surface area contributed by atoms with E-state index in [-0.39, 0.29) is 5.56 Å². The predicted molar refractivity (Wildman–Crippen MR) is 72.8 cm³/mol. The molecule has 1 aromatic heterocycles. The maximum absolute atomic E-state index is 11.3. The molecule has 19 heavy (non-hydrogen) atoms. The van der Waals surface area contributed by atoms with E-state index in [4.69, 9.17) is 0 Å². The number of carboxylic acids is 1. The summed E-state index contributed by atoms with van der Waals surface area (Å²) in [5, 5.41) is 14.8. The minimum atomic E-state index is -0.951. The number of hydrogen-bond acceptors (Lipinski definition) is 2. The topological polar surface area (TPSA) is 55.1 Å². The Morgan fingerprint density at radius 1 is 1.11 bits per heavy atom. The number of hydrogen-bond donors (Lipinski definition) is 1. The second-order valence-corrected chi connectivity index (χ2v) is 4.34. The van der Waals surface area contributed by atoms with E-state index in [0.29, 0.717) is 5.69 Å². The molecule has 0 saturated heterocycles. The minimum Gasteiger partial charge on any atom is -0.478 e. The van der Waals surface area contributed by atoms with Gasteiger partial charge < -0.3 is 5.11 Å². The van der Waals surface area contributed by atoms with Crippen LogP contribution in [0.1, 0.15) is 16.1 Å². The number of benzene rings is 2. The van der Waals surface area contributed by atoms with Crippen LogP contribution in [0.3, 0.4) is 0 Å². The Hall–Kier alpha value is -2.62. The average molecular weight is 252 g/mol. The predicted octanol–water partition coefficient (Wildman–Crippen LogP) is 3.03. The Kier molecular flexibility index (Phi) is 2.56. The second-order valence-electron chi connectivity index (χ2n) is 4.34. The molecule has 0 unspecified atom stereocenters. The monoisotopic (exact) mass is 252 g/mol. The summed E-state index contributed by atoms with van der Waals surface area (Å²) in [6, 6.07) is 14.7. The van der Waals surface area contributed by atoms with Gasteiger partial charge in [0, 0.05) is 5.39 Å². The van der Waals surface area contributed by atoms with Gasteiger partial charge in [-0.3, -0.25) is 0 Å². The minimum absolute atomic E-state index is 0.246. The molecule has 4 heteroatoms. The molecule has 3 aromatic rings. The largest absolute Gasteiger partial charge is 0.478 e. The van der Waals surface area contributed by atoms with Gasteiger partial charge in [0.15, 0.2) is 0 Å². The average Bonchev–Trinajstić information content (AvgIpc) is 2.77. The van der Waals surface area contributed by atoms with Gasteiger partial charge in [-0.15, -0.1) is 0 Å². The van der Waals surface area contributed by atoms with E-state index in [9.17, 15) is 9.90 Å². The number of rotatable bonds is 2. The van der Waals surface area contributed by atoms with Gasteiger partial charge in [-0.1, -0.05) is 30.3 Å².